The topological polar surface area (TPSA) is 108 Å². The fourth-order valence-corrected chi connectivity index (χ4v) is 13.3. The number of aliphatic hydroxyl groups is 1. The van der Waals surface area contributed by atoms with Crippen molar-refractivity contribution in [1.82, 2.24) is 5.32 Å². The van der Waals surface area contributed by atoms with E-state index in [4.69, 9.17) is 9.05 Å². The van der Waals surface area contributed by atoms with Gasteiger partial charge in [-0.25, -0.2) is 0 Å². The lowest BCUT2D eigenvalue weighted by Gasteiger charge is -2.29. The molecule has 0 aliphatic rings. The average molecular weight is 1260 g/mol. The van der Waals surface area contributed by atoms with Crippen LogP contribution in [0, 0.1) is 0 Å². The van der Waals surface area contributed by atoms with E-state index in [0.29, 0.717) is 17.4 Å². The Hall–Kier alpha value is -1.02. The average Bonchev–Trinajstić information content (AvgIpc) is 3.64. The van der Waals surface area contributed by atoms with E-state index in [0.717, 1.165) is 38.5 Å². The van der Waals surface area contributed by atoms with E-state index in [-0.39, 0.29) is 19.1 Å². The van der Waals surface area contributed by atoms with Crippen molar-refractivity contribution in [3.8, 4) is 0 Å². The van der Waals surface area contributed by atoms with E-state index in [1.807, 2.05) is 27.2 Å². The summed E-state index contributed by atoms with van der Waals surface area (Å²) in [4.78, 5) is 25.7. The molecule has 9 heteroatoms. The van der Waals surface area contributed by atoms with Crippen LogP contribution < -0.4 is 10.2 Å². The Kier molecular flexibility index (Phi) is 69.5. The minimum absolute atomic E-state index is 0.00327. The number of unbranched alkanes of at least 4 members (excludes halogenated alkanes) is 60. The molecule has 0 aliphatic heterocycles. The minimum atomic E-state index is -4.61. The summed E-state index contributed by atoms with van der Waals surface area (Å²) in [7, 11) is 1.27. The number of quaternary nitrogens is 1. The number of hydrogen-bond donors (Lipinski definition) is 2. The maximum absolute atomic E-state index is 13.1. The molecule has 0 fully saturated rings. The summed E-state index contributed by atoms with van der Waals surface area (Å²) in [5.74, 6) is -0.197. The zero-order chi connectivity index (χ0) is 64.1. The summed E-state index contributed by atoms with van der Waals surface area (Å²) in [5.41, 5.74) is 0. The van der Waals surface area contributed by atoms with Gasteiger partial charge in [-0.2, -0.15) is 0 Å². The largest absolute Gasteiger partial charge is 0.756 e. The zero-order valence-electron chi connectivity index (χ0n) is 60.2. The van der Waals surface area contributed by atoms with Gasteiger partial charge in [0.25, 0.3) is 7.82 Å². The van der Waals surface area contributed by atoms with Gasteiger partial charge < -0.3 is 28.8 Å². The van der Waals surface area contributed by atoms with Crippen molar-refractivity contribution in [2.75, 3.05) is 40.9 Å². The molecule has 0 aromatic heterocycles. The Labute approximate surface area is 551 Å². The highest BCUT2D eigenvalue weighted by atomic mass is 31.2. The molecule has 3 unspecified atom stereocenters. The molecule has 0 heterocycles. The number of carbonyl (C=O) groups excluding carboxylic acids is 1. The van der Waals surface area contributed by atoms with Crippen LogP contribution in [0.4, 0.5) is 0 Å². The van der Waals surface area contributed by atoms with Crippen molar-refractivity contribution in [1.29, 1.82) is 0 Å². The standard InChI is InChI=1S/C79H157N2O6P/c1-6-8-10-12-14-16-18-20-22-24-26-28-30-32-34-36-37-38-39-40-41-42-43-45-47-49-51-53-55-57-59-61-63-65-67-69-71-73-79(83)80-77(76-87-88(84,85)86-75-74-81(3,4)5)78(82)72-70-68-66-64-62-60-58-56-54-52-50-48-46-44-35-33-31-29-27-25-23-21-19-17-15-13-11-9-7-2/h62,64,70,72,77-78,82H,6-61,63,65-69,71,73-76H2,1-5H3,(H-,80,83,84,85)/b64-62+,72-70+. The van der Waals surface area contributed by atoms with Crippen LogP contribution in [0.25, 0.3) is 0 Å². The van der Waals surface area contributed by atoms with Crippen LogP contribution in [-0.4, -0.2) is 68.5 Å². The summed E-state index contributed by atoms with van der Waals surface area (Å²) in [6.45, 7) is 4.71. The van der Waals surface area contributed by atoms with Crippen LogP contribution >= 0.6 is 7.82 Å². The number of nitrogens with zero attached hydrogens (tertiary/aromatic N) is 1. The Bertz CT molecular complexity index is 1480. The first-order chi connectivity index (χ1) is 43.0. The van der Waals surface area contributed by atoms with Gasteiger partial charge in [-0.05, 0) is 32.1 Å². The molecule has 2 N–H and O–H groups in total. The van der Waals surface area contributed by atoms with Crippen molar-refractivity contribution in [3.63, 3.8) is 0 Å². The molecule has 0 rings (SSSR count). The Balaban J connectivity index is 3.95. The normalized spacial score (nSPS) is 13.6. The number of allylic oxidation sites excluding steroid dienone is 3. The van der Waals surface area contributed by atoms with Crippen LogP contribution in [0.1, 0.15) is 425 Å². The molecule has 0 aliphatic carbocycles. The maximum Gasteiger partial charge on any atom is 0.268 e. The van der Waals surface area contributed by atoms with Crippen molar-refractivity contribution in [2.45, 2.75) is 437 Å². The van der Waals surface area contributed by atoms with Crippen LogP contribution in [0.3, 0.4) is 0 Å². The molecule has 0 aromatic carbocycles. The molecular formula is C79H157N2O6P. The van der Waals surface area contributed by atoms with Crippen molar-refractivity contribution in [3.05, 3.63) is 24.3 Å². The number of likely N-dealkylation sites (N-methyl/N-ethyl adjacent to an activating group) is 1. The number of aliphatic hydroxyl groups excluding tert-OH is 1. The first-order valence-electron chi connectivity index (χ1n) is 39.7. The van der Waals surface area contributed by atoms with Gasteiger partial charge in [-0.15, -0.1) is 0 Å². The Morgan fingerprint density at radius 1 is 0.386 bits per heavy atom. The molecule has 3 atom stereocenters. The second-order valence-electron chi connectivity index (χ2n) is 28.8. The SMILES string of the molecule is CCCCCCCCCCCCCCCCCCCCCCCCC/C=C/CC/C=C/C(O)C(COP(=O)([O-])OCC[N+](C)(C)C)NC(=O)CCCCCCCCCCCCCCCCCCCCCCCCCCCCCCCCCCCCCCC. The zero-order valence-corrected chi connectivity index (χ0v) is 61.1. The second kappa shape index (κ2) is 70.3. The van der Waals surface area contributed by atoms with Gasteiger partial charge in [0.1, 0.15) is 13.2 Å². The molecular weight excluding hydrogens is 1100 g/mol. The number of amides is 1. The molecule has 88 heavy (non-hydrogen) atoms. The van der Waals surface area contributed by atoms with Crippen molar-refractivity contribution >= 4 is 13.7 Å². The fraction of sp³-hybridized carbons (Fsp3) is 0.937. The van der Waals surface area contributed by atoms with E-state index in [9.17, 15) is 19.4 Å². The number of carbonyl (C=O) groups is 1. The first-order valence-corrected chi connectivity index (χ1v) is 41.2. The van der Waals surface area contributed by atoms with E-state index in [1.54, 1.807) is 6.08 Å². The number of hydrogen-bond acceptors (Lipinski definition) is 6. The molecule has 8 nitrogen and oxygen atoms in total. The van der Waals surface area contributed by atoms with Crippen LogP contribution in [0.15, 0.2) is 24.3 Å². The van der Waals surface area contributed by atoms with Gasteiger partial charge in [0, 0.05) is 6.42 Å². The third kappa shape index (κ3) is 72.4. The molecule has 0 aromatic rings. The van der Waals surface area contributed by atoms with Gasteiger partial charge in [0.2, 0.25) is 5.91 Å². The smallest absolute Gasteiger partial charge is 0.268 e. The highest BCUT2D eigenvalue weighted by Crippen LogP contribution is 2.38. The van der Waals surface area contributed by atoms with Gasteiger partial charge >= 0.3 is 0 Å². The van der Waals surface area contributed by atoms with E-state index in [1.165, 1.54) is 366 Å². The Morgan fingerprint density at radius 2 is 0.636 bits per heavy atom. The van der Waals surface area contributed by atoms with Gasteiger partial charge in [-0.3, -0.25) is 9.36 Å². The second-order valence-corrected chi connectivity index (χ2v) is 30.2. The van der Waals surface area contributed by atoms with E-state index < -0.39 is 20.0 Å². The predicted octanol–water partition coefficient (Wildman–Crippen LogP) is 25.2. The van der Waals surface area contributed by atoms with Crippen molar-refractivity contribution < 1.29 is 32.9 Å². The number of phosphoric ester groups is 1. The molecule has 0 radical (unpaired) electrons. The number of nitrogens with one attached hydrogen (secondary N) is 1. The molecule has 0 spiro atoms. The summed E-state index contributed by atoms with van der Waals surface area (Å²) in [5, 5.41) is 14.0. The van der Waals surface area contributed by atoms with Crippen molar-refractivity contribution in [2.24, 2.45) is 0 Å². The fourth-order valence-electron chi connectivity index (χ4n) is 12.5. The summed E-state index contributed by atoms with van der Waals surface area (Å²) < 4.78 is 23.5. The summed E-state index contributed by atoms with van der Waals surface area (Å²) in [6, 6.07) is -0.903. The van der Waals surface area contributed by atoms with Crippen LogP contribution in [0.2, 0.25) is 0 Å². The molecule has 524 valence electrons. The van der Waals surface area contributed by atoms with Crippen LogP contribution in [-0.2, 0) is 18.4 Å². The highest BCUT2D eigenvalue weighted by Gasteiger charge is 2.23. The first kappa shape index (κ1) is 87.0. The van der Waals surface area contributed by atoms with E-state index in [2.05, 4.69) is 31.3 Å². The summed E-state index contributed by atoms with van der Waals surface area (Å²) in [6.07, 6.45) is 93.6. The quantitative estimate of drug-likeness (QED) is 0.0272. The Morgan fingerprint density at radius 3 is 0.920 bits per heavy atom. The van der Waals surface area contributed by atoms with Crippen LogP contribution in [0.5, 0.6) is 0 Å². The van der Waals surface area contributed by atoms with Gasteiger partial charge in [0.05, 0.1) is 39.9 Å². The lowest BCUT2D eigenvalue weighted by Crippen LogP contribution is -2.45. The summed E-state index contributed by atoms with van der Waals surface area (Å²) >= 11 is 0. The number of rotatable bonds is 75. The number of phosphoric acid groups is 1. The molecule has 0 saturated heterocycles. The monoisotopic (exact) mass is 1260 g/mol. The highest BCUT2D eigenvalue weighted by molar-refractivity contribution is 7.45. The third-order valence-electron chi connectivity index (χ3n) is 18.7. The third-order valence-corrected chi connectivity index (χ3v) is 19.6. The van der Waals surface area contributed by atoms with E-state index >= 15 is 0 Å². The maximum atomic E-state index is 13.1. The molecule has 0 saturated carbocycles. The molecule has 1 amide bonds. The predicted molar refractivity (Wildman–Crippen MR) is 385 cm³/mol. The van der Waals surface area contributed by atoms with Gasteiger partial charge in [-0.1, -0.05) is 411 Å². The minimum Gasteiger partial charge on any atom is -0.756 e. The lowest BCUT2D eigenvalue weighted by atomic mass is 10.0. The molecule has 0 bridgehead atoms. The van der Waals surface area contributed by atoms with Gasteiger partial charge in [0.15, 0.2) is 0 Å². The lowest BCUT2D eigenvalue weighted by molar-refractivity contribution is -0.870.